The van der Waals surface area contributed by atoms with E-state index in [2.05, 4.69) is 22.5 Å². The van der Waals surface area contributed by atoms with Gasteiger partial charge >= 0.3 is 0 Å². The summed E-state index contributed by atoms with van der Waals surface area (Å²) < 4.78 is 16.5. The number of nitrogens with one attached hydrogen (secondary N) is 2. The number of hydrogen-bond donors (Lipinski definition) is 2. The Morgan fingerprint density at radius 3 is 2.56 bits per heavy atom. The van der Waals surface area contributed by atoms with Crippen molar-refractivity contribution in [3.05, 3.63) is 87.8 Å². The monoisotopic (exact) mass is 477 g/mol. The van der Waals surface area contributed by atoms with Crippen LogP contribution in [0.3, 0.4) is 0 Å². The van der Waals surface area contributed by atoms with Crippen LogP contribution >= 0.6 is 11.3 Å². The average Bonchev–Trinajstić information content (AvgIpc) is 3.46. The van der Waals surface area contributed by atoms with Crippen molar-refractivity contribution < 1.29 is 18.7 Å². The number of rotatable bonds is 8. The number of nitrogens with zero attached hydrogens (tertiary/aromatic N) is 1. The average molecular weight is 478 g/mol. The molecule has 0 unspecified atom stereocenters. The summed E-state index contributed by atoms with van der Waals surface area (Å²) in [4.78, 5) is 18.6. The van der Waals surface area contributed by atoms with Gasteiger partial charge in [-0.2, -0.15) is 0 Å². The largest absolute Gasteiger partial charge is 0.497 e. The first-order valence-corrected chi connectivity index (χ1v) is 11.6. The van der Waals surface area contributed by atoms with Crippen LogP contribution in [-0.2, 0) is 0 Å². The molecule has 1 aromatic carbocycles. The molecule has 2 N–H and O–H groups in total. The highest BCUT2D eigenvalue weighted by atomic mass is 32.1. The topological polar surface area (TPSA) is 85.6 Å². The standard InChI is InChI=1S/C26H27N3O4S/c1-15-8-6-10-22(27-15)28-24(19-14-18(31-4)11-12-20(19)32-5)23-16(2)17(3)34-26(23)29-25(30)21-9-7-13-33-21/h6-14,24H,1-5H3,(H,27,28)(H,29,30)/t24-/m1/s1. The quantitative estimate of drug-likeness (QED) is 0.317. The fraction of sp³-hybridized carbons (Fsp3) is 0.231. The minimum atomic E-state index is -0.379. The van der Waals surface area contributed by atoms with Gasteiger partial charge in [0, 0.05) is 21.7 Å². The first kappa shape index (κ1) is 23.4. The molecule has 7 nitrogen and oxygen atoms in total. The highest BCUT2D eigenvalue weighted by Crippen LogP contribution is 2.44. The lowest BCUT2D eigenvalue weighted by molar-refractivity contribution is 0.0997. The second kappa shape index (κ2) is 10.0. The molecule has 0 radical (unpaired) electrons. The van der Waals surface area contributed by atoms with Gasteiger partial charge in [-0.25, -0.2) is 4.98 Å². The number of hydrogen-bond acceptors (Lipinski definition) is 7. The molecular formula is C26H27N3O4S. The van der Waals surface area contributed by atoms with Crippen LogP contribution in [-0.4, -0.2) is 25.1 Å². The summed E-state index contributed by atoms with van der Waals surface area (Å²) in [6, 6.07) is 14.4. The molecule has 8 heteroatoms. The second-order valence-electron chi connectivity index (χ2n) is 7.81. The first-order valence-electron chi connectivity index (χ1n) is 10.8. The fourth-order valence-corrected chi connectivity index (χ4v) is 4.89. The third-order valence-corrected chi connectivity index (χ3v) is 6.76. The summed E-state index contributed by atoms with van der Waals surface area (Å²) in [6.07, 6.45) is 1.48. The molecule has 4 rings (SSSR count). The number of amides is 1. The van der Waals surface area contributed by atoms with Crippen molar-refractivity contribution in [2.45, 2.75) is 26.8 Å². The third-order valence-electron chi connectivity index (χ3n) is 5.62. The van der Waals surface area contributed by atoms with Crippen LogP contribution < -0.4 is 20.1 Å². The molecule has 0 spiro atoms. The zero-order chi connectivity index (χ0) is 24.2. The number of anilines is 2. The van der Waals surface area contributed by atoms with Crippen molar-refractivity contribution in [1.29, 1.82) is 0 Å². The Morgan fingerprint density at radius 2 is 1.88 bits per heavy atom. The predicted octanol–water partition coefficient (Wildman–Crippen LogP) is 6.13. The van der Waals surface area contributed by atoms with Crippen molar-refractivity contribution in [1.82, 2.24) is 4.98 Å². The van der Waals surface area contributed by atoms with Crippen molar-refractivity contribution in [2.75, 3.05) is 24.9 Å². The zero-order valence-electron chi connectivity index (χ0n) is 19.8. The van der Waals surface area contributed by atoms with Crippen molar-refractivity contribution in [3.63, 3.8) is 0 Å². The van der Waals surface area contributed by atoms with Crippen molar-refractivity contribution >= 4 is 28.1 Å². The van der Waals surface area contributed by atoms with E-state index in [-0.39, 0.29) is 17.7 Å². The number of pyridine rings is 1. The molecule has 0 aliphatic carbocycles. The molecule has 0 fully saturated rings. The van der Waals surface area contributed by atoms with Gasteiger partial charge in [0.25, 0.3) is 5.91 Å². The minimum absolute atomic E-state index is 0.249. The molecule has 34 heavy (non-hydrogen) atoms. The van der Waals surface area contributed by atoms with E-state index in [0.29, 0.717) is 17.3 Å². The number of furan rings is 1. The van der Waals surface area contributed by atoms with Crippen molar-refractivity contribution in [2.24, 2.45) is 0 Å². The molecule has 1 atom stereocenters. The Kier molecular flexibility index (Phi) is 6.88. The molecule has 0 saturated heterocycles. The van der Waals surface area contributed by atoms with Crippen LogP contribution in [0.2, 0.25) is 0 Å². The normalized spacial score (nSPS) is 11.7. The lowest BCUT2D eigenvalue weighted by atomic mass is 9.95. The molecule has 0 bridgehead atoms. The Bertz CT molecular complexity index is 1300. The van der Waals surface area contributed by atoms with E-state index >= 15 is 0 Å². The van der Waals surface area contributed by atoms with Gasteiger partial charge in [0.2, 0.25) is 0 Å². The number of thiophene rings is 1. The number of carbonyl (C=O) groups excluding carboxylic acids is 1. The van der Waals surface area contributed by atoms with Gasteiger partial charge in [-0.15, -0.1) is 11.3 Å². The summed E-state index contributed by atoms with van der Waals surface area (Å²) in [5.41, 5.74) is 3.75. The highest BCUT2D eigenvalue weighted by Gasteiger charge is 2.28. The van der Waals surface area contributed by atoms with E-state index in [9.17, 15) is 4.79 Å². The summed E-state index contributed by atoms with van der Waals surface area (Å²) in [5, 5.41) is 7.34. The van der Waals surface area contributed by atoms with E-state index in [1.807, 2.05) is 50.2 Å². The minimum Gasteiger partial charge on any atom is -0.497 e. The maximum absolute atomic E-state index is 12.9. The molecule has 0 aliphatic rings. The van der Waals surface area contributed by atoms with Crippen LogP contribution in [0.4, 0.5) is 10.8 Å². The van der Waals surface area contributed by atoms with Crippen molar-refractivity contribution in [3.8, 4) is 11.5 Å². The maximum Gasteiger partial charge on any atom is 0.291 e. The smallest absolute Gasteiger partial charge is 0.291 e. The number of carbonyl (C=O) groups is 1. The summed E-state index contributed by atoms with van der Waals surface area (Å²) in [7, 11) is 3.27. The molecule has 176 valence electrons. The van der Waals surface area contributed by atoms with Gasteiger partial charge in [0.15, 0.2) is 5.76 Å². The summed E-state index contributed by atoms with van der Waals surface area (Å²) >= 11 is 1.52. The summed E-state index contributed by atoms with van der Waals surface area (Å²) in [6.45, 7) is 6.03. The molecule has 0 aliphatic heterocycles. The number of ether oxygens (including phenoxy) is 2. The molecule has 3 heterocycles. The van der Waals surface area contributed by atoms with Gasteiger partial charge < -0.3 is 24.5 Å². The molecule has 0 saturated carbocycles. The van der Waals surface area contributed by atoms with Crippen LogP contribution in [0.1, 0.15) is 43.9 Å². The number of benzene rings is 1. The molecule has 3 aromatic heterocycles. The Balaban J connectivity index is 1.86. The van der Waals surface area contributed by atoms with Gasteiger partial charge in [-0.05, 0) is 68.8 Å². The Morgan fingerprint density at radius 1 is 1.06 bits per heavy atom. The Hall–Kier alpha value is -3.78. The van der Waals surface area contributed by atoms with Gasteiger partial charge in [0.05, 0.1) is 26.5 Å². The molecule has 4 aromatic rings. The Labute approximate surface area is 202 Å². The van der Waals surface area contributed by atoms with E-state index in [0.717, 1.165) is 32.3 Å². The van der Waals surface area contributed by atoms with E-state index in [1.54, 1.807) is 26.4 Å². The van der Waals surface area contributed by atoms with E-state index < -0.39 is 0 Å². The highest BCUT2D eigenvalue weighted by molar-refractivity contribution is 7.16. The lowest BCUT2D eigenvalue weighted by Crippen LogP contribution is -2.18. The van der Waals surface area contributed by atoms with Gasteiger partial charge in [-0.3, -0.25) is 4.79 Å². The third kappa shape index (κ3) is 4.77. The summed E-state index contributed by atoms with van der Waals surface area (Å²) in [5.74, 6) is 2.04. The molecular weight excluding hydrogens is 450 g/mol. The number of methoxy groups -OCH3 is 2. The zero-order valence-corrected chi connectivity index (χ0v) is 20.6. The lowest BCUT2D eigenvalue weighted by Gasteiger charge is -2.24. The maximum atomic E-state index is 12.9. The fourth-order valence-electron chi connectivity index (χ4n) is 3.80. The van der Waals surface area contributed by atoms with Crippen LogP contribution in [0.5, 0.6) is 11.5 Å². The van der Waals surface area contributed by atoms with E-state index in [4.69, 9.17) is 13.9 Å². The van der Waals surface area contributed by atoms with E-state index in [1.165, 1.54) is 17.6 Å². The van der Waals surface area contributed by atoms with Crippen LogP contribution in [0, 0.1) is 20.8 Å². The predicted molar refractivity (Wildman–Crippen MR) is 134 cm³/mol. The number of aromatic nitrogens is 1. The van der Waals surface area contributed by atoms with Crippen LogP contribution in [0.15, 0.2) is 59.2 Å². The second-order valence-corrected chi connectivity index (χ2v) is 9.03. The number of aryl methyl sites for hydroxylation is 2. The first-order chi connectivity index (χ1) is 16.4. The SMILES string of the molecule is COc1ccc(OC)c([C@@H](Nc2cccc(C)n2)c2c(NC(=O)c3ccco3)sc(C)c2C)c1. The molecule has 1 amide bonds. The van der Waals surface area contributed by atoms with Gasteiger partial charge in [-0.1, -0.05) is 6.07 Å². The van der Waals surface area contributed by atoms with Gasteiger partial charge in [0.1, 0.15) is 22.3 Å². The van der Waals surface area contributed by atoms with Crippen LogP contribution in [0.25, 0.3) is 0 Å².